The Morgan fingerprint density at radius 3 is 2.86 bits per heavy atom. The summed E-state index contributed by atoms with van der Waals surface area (Å²) in [5.74, 6) is 0.207. The Balaban J connectivity index is 0.00000220. The normalized spacial score (nSPS) is 18.5. The molecule has 0 spiro atoms. The third kappa shape index (κ3) is 4.55. The van der Waals surface area contributed by atoms with Crippen molar-refractivity contribution in [1.29, 1.82) is 0 Å². The Labute approximate surface area is 131 Å². The lowest BCUT2D eigenvalue weighted by Gasteiger charge is -2.15. The number of likely N-dealkylation sites (tertiary alicyclic amines) is 1. The Bertz CT molecular complexity index is 519. The van der Waals surface area contributed by atoms with E-state index in [4.69, 9.17) is 0 Å². The summed E-state index contributed by atoms with van der Waals surface area (Å²) in [5.41, 5.74) is 1.16. The maximum atomic E-state index is 13.7. The molecule has 1 atom stereocenters. The second kappa shape index (κ2) is 8.15. The zero-order valence-electron chi connectivity index (χ0n) is 12.4. The van der Waals surface area contributed by atoms with Gasteiger partial charge in [0.15, 0.2) is 0 Å². The number of nitrogens with zero attached hydrogens (tertiary/aromatic N) is 1. The van der Waals surface area contributed by atoms with E-state index in [1.807, 2.05) is 11.9 Å². The van der Waals surface area contributed by atoms with Crippen molar-refractivity contribution < 1.29 is 9.18 Å². The fourth-order valence-corrected chi connectivity index (χ4v) is 2.62. The van der Waals surface area contributed by atoms with Gasteiger partial charge < -0.3 is 10.2 Å². The summed E-state index contributed by atoms with van der Waals surface area (Å²) in [6.07, 6.45) is 2.57. The molecule has 1 amide bonds. The average molecular weight is 313 g/mol. The summed E-state index contributed by atoms with van der Waals surface area (Å²) in [6, 6.07) is 6.54. The number of carbonyl (C=O) groups excluding carboxylic acids is 1. The molecule has 1 saturated heterocycles. The third-order valence-corrected chi connectivity index (χ3v) is 3.73. The molecule has 1 unspecified atom stereocenters. The standard InChI is InChI=1S/C16H21FN2O.ClH/c1-12(14-5-3-4-6-15(14)17)9-16(20)19-8-7-13(11-19)10-18-2;/h3-6,9,13,18H,7-8,10-11H2,1-2H3;1H/b12-9+;. The van der Waals surface area contributed by atoms with Crippen LogP contribution in [0.15, 0.2) is 30.3 Å². The van der Waals surface area contributed by atoms with E-state index in [-0.39, 0.29) is 24.1 Å². The van der Waals surface area contributed by atoms with Crippen LogP contribution in [-0.4, -0.2) is 37.5 Å². The van der Waals surface area contributed by atoms with E-state index < -0.39 is 0 Å². The predicted octanol–water partition coefficient (Wildman–Crippen LogP) is 2.72. The number of halogens is 2. The summed E-state index contributed by atoms with van der Waals surface area (Å²) in [7, 11) is 1.92. The highest BCUT2D eigenvalue weighted by molar-refractivity contribution is 5.95. The largest absolute Gasteiger partial charge is 0.339 e. The molecule has 0 aromatic heterocycles. The summed E-state index contributed by atoms with van der Waals surface area (Å²) in [4.78, 5) is 14.0. The van der Waals surface area contributed by atoms with Crippen LogP contribution in [0.4, 0.5) is 4.39 Å². The number of rotatable bonds is 4. The summed E-state index contributed by atoms with van der Waals surface area (Å²) >= 11 is 0. The minimum atomic E-state index is -0.288. The van der Waals surface area contributed by atoms with Gasteiger partial charge in [0.25, 0.3) is 0 Å². The molecule has 5 heteroatoms. The molecule has 1 aromatic carbocycles. The highest BCUT2D eigenvalue weighted by Crippen LogP contribution is 2.20. The fourth-order valence-electron chi connectivity index (χ4n) is 2.62. The lowest BCUT2D eigenvalue weighted by atomic mass is 10.1. The first kappa shape index (κ1) is 17.7. The molecule has 2 rings (SSSR count). The smallest absolute Gasteiger partial charge is 0.246 e. The molecule has 1 aliphatic heterocycles. The van der Waals surface area contributed by atoms with Crippen molar-refractivity contribution in [2.45, 2.75) is 13.3 Å². The monoisotopic (exact) mass is 312 g/mol. The van der Waals surface area contributed by atoms with Gasteiger partial charge in [0.2, 0.25) is 5.91 Å². The van der Waals surface area contributed by atoms with Crippen LogP contribution in [0, 0.1) is 11.7 Å². The number of benzene rings is 1. The van der Waals surface area contributed by atoms with Crippen LogP contribution < -0.4 is 5.32 Å². The van der Waals surface area contributed by atoms with Crippen LogP contribution in [0.5, 0.6) is 0 Å². The second-order valence-corrected chi connectivity index (χ2v) is 5.30. The van der Waals surface area contributed by atoms with E-state index in [1.54, 1.807) is 31.2 Å². The molecule has 0 saturated carbocycles. The zero-order chi connectivity index (χ0) is 14.5. The molecule has 1 aliphatic rings. The summed E-state index contributed by atoms with van der Waals surface area (Å²) < 4.78 is 13.7. The minimum absolute atomic E-state index is 0. The van der Waals surface area contributed by atoms with Crippen LogP contribution in [0.2, 0.25) is 0 Å². The zero-order valence-corrected chi connectivity index (χ0v) is 13.3. The first-order chi connectivity index (χ1) is 9.61. The SMILES string of the molecule is CNCC1CCN(C(=O)/C=C(\C)c2ccccc2F)C1.Cl. The van der Waals surface area contributed by atoms with Gasteiger partial charge in [-0.1, -0.05) is 18.2 Å². The van der Waals surface area contributed by atoms with Crippen molar-refractivity contribution in [1.82, 2.24) is 10.2 Å². The van der Waals surface area contributed by atoms with Gasteiger partial charge in [-0.3, -0.25) is 4.79 Å². The van der Waals surface area contributed by atoms with E-state index in [0.29, 0.717) is 17.1 Å². The van der Waals surface area contributed by atoms with Crippen molar-refractivity contribution in [2.75, 3.05) is 26.7 Å². The molecule has 21 heavy (non-hydrogen) atoms. The maximum Gasteiger partial charge on any atom is 0.246 e. The number of hydrogen-bond donors (Lipinski definition) is 1. The molecular formula is C16H22ClFN2O. The maximum absolute atomic E-state index is 13.7. The van der Waals surface area contributed by atoms with Gasteiger partial charge in [0.1, 0.15) is 5.82 Å². The van der Waals surface area contributed by atoms with Crippen molar-refractivity contribution in [3.05, 3.63) is 41.7 Å². The minimum Gasteiger partial charge on any atom is -0.339 e. The van der Waals surface area contributed by atoms with Crippen molar-refractivity contribution in [3.8, 4) is 0 Å². The Hall–Kier alpha value is -1.39. The third-order valence-electron chi connectivity index (χ3n) is 3.73. The second-order valence-electron chi connectivity index (χ2n) is 5.30. The Kier molecular flexibility index (Phi) is 6.85. The fraction of sp³-hybridized carbons (Fsp3) is 0.438. The Morgan fingerprint density at radius 1 is 1.48 bits per heavy atom. The highest BCUT2D eigenvalue weighted by Gasteiger charge is 2.24. The number of amides is 1. The summed E-state index contributed by atoms with van der Waals surface area (Å²) in [5, 5.41) is 3.14. The topological polar surface area (TPSA) is 32.3 Å². The Morgan fingerprint density at radius 2 is 2.19 bits per heavy atom. The van der Waals surface area contributed by atoms with Crippen LogP contribution in [0.25, 0.3) is 5.57 Å². The van der Waals surface area contributed by atoms with Crippen molar-refractivity contribution >= 4 is 23.9 Å². The van der Waals surface area contributed by atoms with E-state index in [1.165, 1.54) is 6.07 Å². The number of nitrogens with one attached hydrogen (secondary N) is 1. The molecule has 1 aromatic rings. The molecule has 1 heterocycles. The summed E-state index contributed by atoms with van der Waals surface area (Å²) in [6.45, 7) is 4.27. The molecular weight excluding hydrogens is 291 g/mol. The average Bonchev–Trinajstić information content (AvgIpc) is 2.88. The van der Waals surface area contributed by atoms with Crippen LogP contribution in [-0.2, 0) is 4.79 Å². The van der Waals surface area contributed by atoms with Crippen LogP contribution in [0.1, 0.15) is 18.9 Å². The molecule has 1 fully saturated rings. The van der Waals surface area contributed by atoms with Crippen LogP contribution in [0.3, 0.4) is 0 Å². The highest BCUT2D eigenvalue weighted by atomic mass is 35.5. The number of carbonyl (C=O) groups is 1. The van der Waals surface area contributed by atoms with Gasteiger partial charge in [-0.15, -0.1) is 12.4 Å². The molecule has 1 N–H and O–H groups in total. The van der Waals surface area contributed by atoms with E-state index in [9.17, 15) is 9.18 Å². The lowest BCUT2D eigenvalue weighted by molar-refractivity contribution is -0.125. The van der Waals surface area contributed by atoms with E-state index in [0.717, 1.165) is 26.1 Å². The molecule has 116 valence electrons. The van der Waals surface area contributed by atoms with Gasteiger partial charge in [0, 0.05) is 24.7 Å². The quantitative estimate of drug-likeness (QED) is 0.867. The first-order valence-corrected chi connectivity index (χ1v) is 6.98. The van der Waals surface area contributed by atoms with E-state index in [2.05, 4.69) is 5.32 Å². The van der Waals surface area contributed by atoms with Gasteiger partial charge >= 0.3 is 0 Å². The van der Waals surface area contributed by atoms with Crippen LogP contribution >= 0.6 is 12.4 Å². The van der Waals surface area contributed by atoms with Gasteiger partial charge in [-0.05, 0) is 44.5 Å². The van der Waals surface area contributed by atoms with Gasteiger partial charge in [0.05, 0.1) is 0 Å². The molecule has 0 radical (unpaired) electrons. The number of hydrogen-bond acceptors (Lipinski definition) is 2. The van der Waals surface area contributed by atoms with Crippen molar-refractivity contribution in [2.24, 2.45) is 5.92 Å². The number of allylic oxidation sites excluding steroid dienone is 1. The predicted molar refractivity (Wildman–Crippen MR) is 85.9 cm³/mol. The van der Waals surface area contributed by atoms with Gasteiger partial charge in [-0.25, -0.2) is 4.39 Å². The molecule has 0 aliphatic carbocycles. The van der Waals surface area contributed by atoms with E-state index >= 15 is 0 Å². The molecule has 0 bridgehead atoms. The van der Waals surface area contributed by atoms with Crippen molar-refractivity contribution in [3.63, 3.8) is 0 Å². The van der Waals surface area contributed by atoms with Gasteiger partial charge in [-0.2, -0.15) is 0 Å². The molecule has 3 nitrogen and oxygen atoms in total. The first-order valence-electron chi connectivity index (χ1n) is 6.98. The lowest BCUT2D eigenvalue weighted by Crippen LogP contribution is -2.29.